The van der Waals surface area contributed by atoms with Crippen LogP contribution < -0.4 is 5.73 Å². The summed E-state index contributed by atoms with van der Waals surface area (Å²) in [4.78, 5) is 10.8. The van der Waals surface area contributed by atoms with Gasteiger partial charge in [-0.1, -0.05) is 65.8 Å². The Balaban J connectivity index is 0.000000271. The second kappa shape index (κ2) is 15.8. The number of nitrogen functional groups attached to an aromatic ring is 1. The summed E-state index contributed by atoms with van der Waals surface area (Å²) in [5, 5.41) is 20.9. The van der Waals surface area contributed by atoms with Crippen LogP contribution in [-0.4, -0.2) is 54.3 Å². The number of nitro groups is 1. The van der Waals surface area contributed by atoms with E-state index in [0.717, 1.165) is 51.7 Å². The van der Waals surface area contributed by atoms with E-state index in [9.17, 15) is 10.1 Å². The third kappa shape index (κ3) is 10.2. The molecule has 4 aromatic rings. The van der Waals surface area contributed by atoms with Gasteiger partial charge in [0, 0.05) is 39.8 Å². The number of aromatic nitrogens is 4. The molecule has 0 saturated carbocycles. The van der Waals surface area contributed by atoms with Gasteiger partial charge in [-0.3, -0.25) is 19.5 Å². The van der Waals surface area contributed by atoms with Gasteiger partial charge in [-0.2, -0.15) is 10.2 Å². The zero-order valence-corrected chi connectivity index (χ0v) is 34.9. The molecule has 12 heteroatoms. The molecule has 0 atom stereocenters. The van der Waals surface area contributed by atoms with Gasteiger partial charge in [-0.15, -0.1) is 0 Å². The smallest absolute Gasteiger partial charge is 0.272 e. The number of benzene rings is 2. The standard InChI is InChI=1S/C19H29N3O3Si.C19H31N3OSi/c1-14-8-9-16(13-18(14)22(23)24)17-12-15(2)21(20-17)10-11-25-26(6,7)19(3,4)5;1-14-8-9-16(13-17(14)20)18-12-15(2)22(21-18)10-11-23-24(6,7)19(3,4)5/h8-9,12-13H,10-11H2,1-7H3;8-9,12-13H,10-11,20H2,1-7H3. The van der Waals surface area contributed by atoms with Crippen molar-refractivity contribution < 1.29 is 13.8 Å². The Hall–Kier alpha value is -3.59. The Bertz CT molecular complexity index is 1780. The Morgan fingerprint density at radius 1 is 0.700 bits per heavy atom. The molecule has 0 aliphatic carbocycles. The average molecular weight is 721 g/mol. The van der Waals surface area contributed by atoms with Crippen molar-refractivity contribution in [1.82, 2.24) is 19.6 Å². The van der Waals surface area contributed by atoms with Crippen molar-refractivity contribution in [3.8, 4) is 22.5 Å². The summed E-state index contributed by atoms with van der Waals surface area (Å²) in [7, 11) is -3.48. The predicted octanol–water partition coefficient (Wildman–Crippen LogP) is 9.87. The van der Waals surface area contributed by atoms with Gasteiger partial charge < -0.3 is 14.6 Å². The van der Waals surface area contributed by atoms with E-state index in [4.69, 9.17) is 19.7 Å². The topological polar surface area (TPSA) is 123 Å². The molecule has 10 nitrogen and oxygen atoms in total. The van der Waals surface area contributed by atoms with Gasteiger partial charge in [0.25, 0.3) is 5.69 Å². The Labute approximate surface area is 301 Å². The maximum absolute atomic E-state index is 11.2. The van der Waals surface area contributed by atoms with Gasteiger partial charge in [0.05, 0.1) is 42.6 Å². The highest BCUT2D eigenvalue weighted by Gasteiger charge is 2.37. The summed E-state index contributed by atoms with van der Waals surface area (Å²) in [6, 6.07) is 15.4. The fourth-order valence-electron chi connectivity index (χ4n) is 4.73. The fourth-order valence-corrected chi connectivity index (χ4v) is 6.80. The van der Waals surface area contributed by atoms with Gasteiger partial charge in [0.2, 0.25) is 0 Å². The summed E-state index contributed by atoms with van der Waals surface area (Å²) in [5.74, 6) is 0. The molecular weight excluding hydrogens is 661 g/mol. The highest BCUT2D eigenvalue weighted by molar-refractivity contribution is 6.74. The van der Waals surface area contributed by atoms with Crippen LogP contribution in [0.25, 0.3) is 22.5 Å². The molecule has 2 aromatic heterocycles. The third-order valence-electron chi connectivity index (χ3n) is 10.4. The Morgan fingerprint density at radius 2 is 1.10 bits per heavy atom. The molecule has 274 valence electrons. The van der Waals surface area contributed by atoms with Gasteiger partial charge in [0.1, 0.15) is 0 Å². The minimum atomic E-state index is -1.78. The molecular formula is C38H60N6O4Si2. The lowest BCUT2D eigenvalue weighted by Crippen LogP contribution is -2.41. The maximum Gasteiger partial charge on any atom is 0.272 e. The molecule has 2 aromatic carbocycles. The molecule has 0 radical (unpaired) electrons. The van der Waals surface area contributed by atoms with Crippen molar-refractivity contribution in [3.05, 3.63) is 81.2 Å². The Kier molecular flexibility index (Phi) is 12.9. The number of hydrogen-bond acceptors (Lipinski definition) is 7. The number of nitrogens with zero attached hydrogens (tertiary/aromatic N) is 5. The number of hydrogen-bond donors (Lipinski definition) is 1. The molecule has 2 N–H and O–H groups in total. The first kappa shape index (κ1) is 40.8. The first-order valence-corrected chi connectivity index (χ1v) is 23.2. The van der Waals surface area contributed by atoms with Gasteiger partial charge >= 0.3 is 0 Å². The second-order valence-electron chi connectivity index (χ2n) is 16.3. The normalized spacial score (nSPS) is 12.5. The Morgan fingerprint density at radius 3 is 1.48 bits per heavy atom. The van der Waals surface area contributed by atoms with Crippen molar-refractivity contribution in [2.24, 2.45) is 0 Å². The van der Waals surface area contributed by atoms with E-state index < -0.39 is 16.6 Å². The van der Waals surface area contributed by atoms with E-state index in [0.29, 0.717) is 25.3 Å². The zero-order valence-electron chi connectivity index (χ0n) is 32.9. The van der Waals surface area contributed by atoms with E-state index in [2.05, 4.69) is 91.9 Å². The molecule has 0 spiro atoms. The maximum atomic E-state index is 11.2. The molecule has 2 heterocycles. The molecule has 0 aliphatic rings. The highest BCUT2D eigenvalue weighted by atomic mass is 28.4. The van der Waals surface area contributed by atoms with Crippen molar-refractivity contribution in [2.75, 3.05) is 18.9 Å². The average Bonchev–Trinajstić information content (AvgIpc) is 3.55. The van der Waals surface area contributed by atoms with Crippen molar-refractivity contribution >= 4 is 28.0 Å². The fraction of sp³-hybridized carbons (Fsp3) is 0.526. The number of rotatable bonds is 11. The summed E-state index contributed by atoms with van der Waals surface area (Å²) in [5.41, 5.74) is 14.4. The largest absolute Gasteiger partial charge is 0.415 e. The lowest BCUT2D eigenvalue weighted by molar-refractivity contribution is -0.385. The van der Waals surface area contributed by atoms with Crippen LogP contribution >= 0.6 is 0 Å². The van der Waals surface area contributed by atoms with Gasteiger partial charge in [-0.25, -0.2) is 0 Å². The van der Waals surface area contributed by atoms with E-state index in [-0.39, 0.29) is 20.7 Å². The first-order chi connectivity index (χ1) is 22.9. The molecule has 4 rings (SSSR count). The molecule has 50 heavy (non-hydrogen) atoms. The van der Waals surface area contributed by atoms with E-state index in [1.54, 1.807) is 19.1 Å². The van der Waals surface area contributed by atoms with E-state index >= 15 is 0 Å². The molecule has 0 bridgehead atoms. The quantitative estimate of drug-likeness (QED) is 0.0708. The number of anilines is 1. The summed E-state index contributed by atoms with van der Waals surface area (Å²) in [6.45, 7) is 33.1. The van der Waals surface area contributed by atoms with Crippen LogP contribution in [0.4, 0.5) is 11.4 Å². The zero-order chi connectivity index (χ0) is 37.8. The lowest BCUT2D eigenvalue weighted by Gasteiger charge is -2.36. The highest BCUT2D eigenvalue weighted by Crippen LogP contribution is 2.37. The monoisotopic (exact) mass is 720 g/mol. The van der Waals surface area contributed by atoms with Crippen LogP contribution in [0.15, 0.2) is 48.5 Å². The van der Waals surface area contributed by atoms with Crippen LogP contribution in [-0.2, 0) is 21.9 Å². The first-order valence-electron chi connectivity index (χ1n) is 17.4. The van der Waals surface area contributed by atoms with Crippen LogP contribution in [0, 0.1) is 37.8 Å². The van der Waals surface area contributed by atoms with Crippen LogP contribution in [0.3, 0.4) is 0 Å². The summed E-state index contributed by atoms with van der Waals surface area (Å²) < 4.78 is 16.4. The minimum Gasteiger partial charge on any atom is -0.415 e. The van der Waals surface area contributed by atoms with E-state index in [1.165, 1.54) is 0 Å². The summed E-state index contributed by atoms with van der Waals surface area (Å²) in [6.07, 6.45) is 0. The summed E-state index contributed by atoms with van der Waals surface area (Å²) >= 11 is 0. The SMILES string of the molecule is Cc1ccc(-c2cc(C)n(CCO[Si](C)(C)C(C)(C)C)n2)cc1N.Cc1ccc(-c2cc(C)n(CCO[Si](C)(C)C(C)(C)C)n2)cc1[N+](=O)[O-]. The third-order valence-corrected chi connectivity index (χ3v) is 19.5. The van der Waals surface area contributed by atoms with Crippen LogP contribution in [0.1, 0.15) is 64.1 Å². The van der Waals surface area contributed by atoms with Crippen molar-refractivity contribution in [2.45, 2.75) is 119 Å². The molecule has 0 amide bonds. The molecule has 0 unspecified atom stereocenters. The second-order valence-corrected chi connectivity index (χ2v) is 26.0. The van der Waals surface area contributed by atoms with Gasteiger partial charge in [0.15, 0.2) is 16.6 Å². The van der Waals surface area contributed by atoms with Crippen molar-refractivity contribution in [3.63, 3.8) is 0 Å². The number of nitrogens with two attached hydrogens (primary N) is 1. The predicted molar refractivity (Wildman–Crippen MR) is 212 cm³/mol. The molecule has 0 fully saturated rings. The van der Waals surface area contributed by atoms with Crippen LogP contribution in [0.2, 0.25) is 36.3 Å². The van der Waals surface area contributed by atoms with E-state index in [1.807, 2.05) is 47.5 Å². The van der Waals surface area contributed by atoms with Crippen molar-refractivity contribution in [1.29, 1.82) is 0 Å². The minimum absolute atomic E-state index is 0.121. The lowest BCUT2D eigenvalue weighted by atomic mass is 10.1. The number of nitro benzene ring substituents is 1. The molecule has 0 saturated heterocycles. The molecule has 0 aliphatic heterocycles. The van der Waals surface area contributed by atoms with Crippen LogP contribution in [0.5, 0.6) is 0 Å². The van der Waals surface area contributed by atoms with Gasteiger partial charge in [-0.05, 0) is 87.7 Å². The number of aryl methyl sites for hydroxylation is 4.